The van der Waals surface area contributed by atoms with Crippen molar-refractivity contribution in [2.45, 2.75) is 20.4 Å². The molecule has 0 atom stereocenters. The summed E-state index contributed by atoms with van der Waals surface area (Å²) in [6.07, 6.45) is 5.84. The summed E-state index contributed by atoms with van der Waals surface area (Å²) in [5.74, 6) is 0. The molecule has 0 aliphatic rings. The summed E-state index contributed by atoms with van der Waals surface area (Å²) >= 11 is 0. The lowest BCUT2D eigenvalue weighted by atomic mass is 10.3. The second-order valence-electron chi connectivity index (χ2n) is 4.71. The average Bonchev–Trinajstić information content (AvgIpc) is 2.87. The van der Waals surface area contributed by atoms with Crippen molar-refractivity contribution in [3.8, 4) is 0 Å². The standard InChI is InChI=1S/C13H16N6/c1-9-4-13-15-6-11(7-19(13)16-9)5-14-12-8-18(3)17-10(12)2/h4,6-8,14H,5H2,1-3H3. The van der Waals surface area contributed by atoms with Gasteiger partial charge in [0.1, 0.15) is 0 Å². The van der Waals surface area contributed by atoms with E-state index >= 15 is 0 Å². The zero-order valence-corrected chi connectivity index (χ0v) is 11.3. The smallest absolute Gasteiger partial charge is 0.155 e. The van der Waals surface area contributed by atoms with Gasteiger partial charge in [-0.05, 0) is 13.8 Å². The third-order valence-electron chi connectivity index (χ3n) is 2.99. The molecule has 6 nitrogen and oxygen atoms in total. The van der Waals surface area contributed by atoms with Gasteiger partial charge in [0.15, 0.2) is 5.65 Å². The first kappa shape index (κ1) is 11.7. The van der Waals surface area contributed by atoms with E-state index in [1.807, 2.05) is 50.1 Å². The molecular formula is C13H16N6. The Morgan fingerprint density at radius 1 is 1.21 bits per heavy atom. The number of aryl methyl sites for hydroxylation is 3. The van der Waals surface area contributed by atoms with E-state index in [0.717, 1.165) is 28.3 Å². The Bertz CT molecular complexity index is 724. The van der Waals surface area contributed by atoms with Crippen molar-refractivity contribution in [3.63, 3.8) is 0 Å². The van der Waals surface area contributed by atoms with Gasteiger partial charge < -0.3 is 5.32 Å². The highest BCUT2D eigenvalue weighted by Crippen LogP contribution is 2.13. The van der Waals surface area contributed by atoms with Gasteiger partial charge in [-0.15, -0.1) is 0 Å². The minimum atomic E-state index is 0.703. The fourth-order valence-corrected chi connectivity index (χ4v) is 2.10. The summed E-state index contributed by atoms with van der Waals surface area (Å²) in [5.41, 5.74) is 4.96. The van der Waals surface area contributed by atoms with Crippen LogP contribution in [0.4, 0.5) is 5.69 Å². The Hall–Kier alpha value is -2.37. The molecule has 6 heteroatoms. The van der Waals surface area contributed by atoms with E-state index < -0.39 is 0 Å². The lowest BCUT2D eigenvalue weighted by Crippen LogP contribution is -2.02. The third kappa shape index (κ3) is 2.29. The van der Waals surface area contributed by atoms with Crippen molar-refractivity contribution in [2.24, 2.45) is 7.05 Å². The number of aromatic nitrogens is 5. The van der Waals surface area contributed by atoms with Gasteiger partial charge in [0.05, 0.1) is 17.1 Å². The number of anilines is 1. The van der Waals surface area contributed by atoms with Gasteiger partial charge in [-0.25, -0.2) is 9.50 Å². The second kappa shape index (κ2) is 4.38. The van der Waals surface area contributed by atoms with E-state index in [0.29, 0.717) is 6.54 Å². The number of nitrogens with zero attached hydrogens (tertiary/aromatic N) is 5. The van der Waals surface area contributed by atoms with Crippen molar-refractivity contribution in [2.75, 3.05) is 5.32 Å². The molecule has 0 amide bonds. The van der Waals surface area contributed by atoms with Crippen LogP contribution in [0.15, 0.2) is 24.7 Å². The van der Waals surface area contributed by atoms with Crippen molar-refractivity contribution >= 4 is 11.3 Å². The highest BCUT2D eigenvalue weighted by Gasteiger charge is 2.04. The van der Waals surface area contributed by atoms with Crippen LogP contribution in [0, 0.1) is 13.8 Å². The number of nitrogens with one attached hydrogen (secondary N) is 1. The van der Waals surface area contributed by atoms with Crippen LogP contribution in [0.3, 0.4) is 0 Å². The molecule has 0 spiro atoms. The van der Waals surface area contributed by atoms with Crippen LogP contribution in [0.5, 0.6) is 0 Å². The van der Waals surface area contributed by atoms with E-state index in [-0.39, 0.29) is 0 Å². The maximum atomic E-state index is 4.38. The van der Waals surface area contributed by atoms with Gasteiger partial charge >= 0.3 is 0 Å². The van der Waals surface area contributed by atoms with Crippen molar-refractivity contribution in [3.05, 3.63) is 41.6 Å². The molecule has 0 aliphatic carbocycles. The number of hydrogen-bond donors (Lipinski definition) is 1. The molecule has 3 rings (SSSR count). The van der Waals surface area contributed by atoms with Crippen LogP contribution in [0.2, 0.25) is 0 Å². The quantitative estimate of drug-likeness (QED) is 0.774. The summed E-state index contributed by atoms with van der Waals surface area (Å²) in [5, 5.41) is 12.0. The normalized spacial score (nSPS) is 11.1. The molecule has 0 saturated carbocycles. The van der Waals surface area contributed by atoms with Crippen molar-refractivity contribution < 1.29 is 0 Å². The monoisotopic (exact) mass is 256 g/mol. The lowest BCUT2D eigenvalue weighted by Gasteiger charge is -2.04. The molecule has 0 radical (unpaired) electrons. The zero-order valence-electron chi connectivity index (χ0n) is 11.3. The van der Waals surface area contributed by atoms with Crippen LogP contribution in [-0.4, -0.2) is 24.4 Å². The lowest BCUT2D eigenvalue weighted by molar-refractivity contribution is 0.756. The first-order valence-electron chi connectivity index (χ1n) is 6.17. The maximum Gasteiger partial charge on any atom is 0.155 e. The molecular weight excluding hydrogens is 240 g/mol. The molecule has 0 bridgehead atoms. The van der Waals surface area contributed by atoms with Crippen LogP contribution in [-0.2, 0) is 13.6 Å². The van der Waals surface area contributed by atoms with Gasteiger partial charge in [-0.3, -0.25) is 4.68 Å². The Kier molecular flexibility index (Phi) is 2.70. The number of rotatable bonds is 3. The highest BCUT2D eigenvalue weighted by molar-refractivity contribution is 5.46. The fraction of sp³-hybridized carbons (Fsp3) is 0.308. The highest BCUT2D eigenvalue weighted by atomic mass is 15.3. The van der Waals surface area contributed by atoms with Gasteiger partial charge in [0, 0.05) is 43.8 Å². The molecule has 1 N–H and O–H groups in total. The predicted octanol–water partition coefficient (Wildman–Crippen LogP) is 1.69. The minimum Gasteiger partial charge on any atom is -0.378 e. The van der Waals surface area contributed by atoms with Gasteiger partial charge in [0.2, 0.25) is 0 Å². The largest absolute Gasteiger partial charge is 0.378 e. The maximum absolute atomic E-state index is 4.38. The first-order valence-corrected chi connectivity index (χ1v) is 6.17. The summed E-state index contributed by atoms with van der Waals surface area (Å²) in [4.78, 5) is 4.38. The molecule has 3 heterocycles. The number of hydrogen-bond acceptors (Lipinski definition) is 4. The number of fused-ring (bicyclic) bond motifs is 1. The Morgan fingerprint density at radius 2 is 2.05 bits per heavy atom. The molecule has 0 fully saturated rings. The minimum absolute atomic E-state index is 0.703. The molecule has 98 valence electrons. The predicted molar refractivity (Wildman–Crippen MR) is 73.0 cm³/mol. The molecule has 3 aromatic heterocycles. The van der Waals surface area contributed by atoms with Gasteiger partial charge in [0.25, 0.3) is 0 Å². The Labute approximate surface area is 111 Å². The van der Waals surface area contributed by atoms with Crippen LogP contribution < -0.4 is 5.32 Å². The van der Waals surface area contributed by atoms with E-state index in [1.54, 1.807) is 4.68 Å². The molecule has 0 aliphatic heterocycles. The SMILES string of the molecule is Cc1cc2ncc(CNc3cn(C)nc3C)cn2n1. The van der Waals surface area contributed by atoms with Crippen molar-refractivity contribution in [1.82, 2.24) is 24.4 Å². The Morgan fingerprint density at radius 3 is 2.79 bits per heavy atom. The summed E-state index contributed by atoms with van der Waals surface area (Å²) in [6, 6.07) is 1.96. The van der Waals surface area contributed by atoms with E-state index in [4.69, 9.17) is 0 Å². The molecule has 19 heavy (non-hydrogen) atoms. The van der Waals surface area contributed by atoms with Crippen LogP contribution in [0.1, 0.15) is 17.0 Å². The first-order chi connectivity index (χ1) is 9.11. The topological polar surface area (TPSA) is 60.0 Å². The summed E-state index contributed by atoms with van der Waals surface area (Å²) in [7, 11) is 1.91. The average molecular weight is 256 g/mol. The second-order valence-corrected chi connectivity index (χ2v) is 4.71. The van der Waals surface area contributed by atoms with E-state index in [1.165, 1.54) is 0 Å². The molecule has 3 aromatic rings. The summed E-state index contributed by atoms with van der Waals surface area (Å²) in [6.45, 7) is 4.65. The Balaban J connectivity index is 1.79. The van der Waals surface area contributed by atoms with Gasteiger partial charge in [-0.2, -0.15) is 10.2 Å². The van der Waals surface area contributed by atoms with E-state index in [2.05, 4.69) is 20.5 Å². The van der Waals surface area contributed by atoms with Gasteiger partial charge in [-0.1, -0.05) is 0 Å². The molecule has 0 saturated heterocycles. The molecule has 0 aromatic carbocycles. The van der Waals surface area contributed by atoms with E-state index in [9.17, 15) is 0 Å². The summed E-state index contributed by atoms with van der Waals surface area (Å²) < 4.78 is 3.61. The zero-order chi connectivity index (χ0) is 13.4. The van der Waals surface area contributed by atoms with Crippen molar-refractivity contribution in [1.29, 1.82) is 0 Å². The van der Waals surface area contributed by atoms with Crippen LogP contribution in [0.25, 0.3) is 5.65 Å². The fourth-order valence-electron chi connectivity index (χ4n) is 2.10. The molecule has 0 unspecified atom stereocenters. The van der Waals surface area contributed by atoms with Crippen LogP contribution >= 0.6 is 0 Å². The third-order valence-corrected chi connectivity index (χ3v) is 2.99.